The maximum Gasteiger partial charge on any atom is 0.323 e. The first-order chi connectivity index (χ1) is 27.8. The van der Waals surface area contributed by atoms with Gasteiger partial charge in [-0.15, -0.1) is 11.3 Å². The molecule has 282 valence electrons. The summed E-state index contributed by atoms with van der Waals surface area (Å²) >= 11 is 7.84. The maximum absolute atomic E-state index is 13.8. The number of thiocarbonyl (C=S) groups is 1. The molecule has 9 rings (SSSR count). The molecule has 1 saturated heterocycles. The highest BCUT2D eigenvalue weighted by Crippen LogP contribution is 2.52. The van der Waals surface area contributed by atoms with Crippen LogP contribution in [0.3, 0.4) is 0 Å². The van der Waals surface area contributed by atoms with E-state index in [-0.39, 0.29) is 10.8 Å². The number of nitrogens with zero attached hydrogens (tertiary/aromatic N) is 3. The Labute approximate surface area is 343 Å². The molecular formula is C47H37N3O4S3. The fourth-order valence-corrected chi connectivity index (χ4v) is 10.8. The number of thioether (sulfide) groups is 1. The van der Waals surface area contributed by atoms with Gasteiger partial charge in [0.2, 0.25) is 0 Å². The minimum atomic E-state index is -1.16. The highest BCUT2D eigenvalue weighted by Gasteiger charge is 2.42. The third kappa shape index (κ3) is 7.20. The highest BCUT2D eigenvalue weighted by atomic mass is 32.2. The molecule has 2 aliphatic heterocycles. The zero-order valence-corrected chi connectivity index (χ0v) is 33.2. The van der Waals surface area contributed by atoms with Crippen molar-refractivity contribution in [3.8, 4) is 0 Å². The minimum absolute atomic E-state index is 0.273. The maximum atomic E-state index is 13.8. The molecule has 2 unspecified atom stereocenters. The van der Waals surface area contributed by atoms with Crippen molar-refractivity contribution in [2.45, 2.75) is 44.3 Å². The summed E-state index contributed by atoms with van der Waals surface area (Å²) in [5.41, 5.74) is 9.54. The number of hydrogen-bond acceptors (Lipinski definition) is 7. The molecule has 1 amide bonds. The van der Waals surface area contributed by atoms with Crippen molar-refractivity contribution in [1.82, 2.24) is 9.47 Å². The molecule has 57 heavy (non-hydrogen) atoms. The molecule has 3 aliphatic rings. The van der Waals surface area contributed by atoms with Gasteiger partial charge in [-0.25, -0.2) is 0 Å². The van der Waals surface area contributed by atoms with Gasteiger partial charge in [0.25, 0.3) is 11.5 Å². The Kier molecular flexibility index (Phi) is 10.1. The average molecular weight is 804 g/mol. The van der Waals surface area contributed by atoms with Gasteiger partial charge in [-0.2, -0.15) is 0 Å². The van der Waals surface area contributed by atoms with Gasteiger partial charge in [-0.3, -0.25) is 23.9 Å². The van der Waals surface area contributed by atoms with Gasteiger partial charge in [0.15, 0.2) is 0 Å². The molecule has 0 spiro atoms. The highest BCUT2D eigenvalue weighted by molar-refractivity contribution is 8.30. The number of rotatable bonds is 9. The molecule has 7 nitrogen and oxygen atoms in total. The topological polar surface area (TPSA) is 82.8 Å². The minimum Gasteiger partial charge on any atom is -0.480 e. The summed E-state index contributed by atoms with van der Waals surface area (Å²) in [7, 11) is 0. The van der Waals surface area contributed by atoms with Gasteiger partial charge >= 0.3 is 5.97 Å². The lowest BCUT2D eigenvalue weighted by Gasteiger charge is -2.27. The van der Waals surface area contributed by atoms with Crippen LogP contribution in [-0.2, 0) is 22.7 Å². The van der Waals surface area contributed by atoms with Crippen LogP contribution in [0.4, 0.5) is 11.4 Å². The number of carboxylic acid groups (broad SMARTS) is 1. The van der Waals surface area contributed by atoms with Crippen LogP contribution in [0.15, 0.2) is 138 Å². The second kappa shape index (κ2) is 15.6. The Balaban J connectivity index is 1.05. The third-order valence-corrected chi connectivity index (χ3v) is 13.6. The smallest absolute Gasteiger partial charge is 0.323 e. The van der Waals surface area contributed by atoms with E-state index >= 15 is 0 Å². The number of hydrogen-bond donors (Lipinski definition) is 1. The van der Waals surface area contributed by atoms with E-state index in [2.05, 4.69) is 95.9 Å². The number of thiazole rings is 1. The standard InChI is InChI=1S/C47H37N3O4S3/c51-42(52)29-48-44(53)41(56-46(48)43-45(54)49(47(55)57-43)28-31-11-4-1-5-12-31)27-32-21-24-40-38(26-32)36-17-10-18-39(36)50(40)35-22-19-30(20-23-35)25-37(33-13-6-2-7-14-33)34-15-8-3-9-16-34/h1-9,11-16,19-27,36,39H,10,17-18,28-29H2,(H,51,52)/b41-27-,46-43+. The normalized spacial score (nSPS) is 18.6. The first-order valence-corrected chi connectivity index (χ1v) is 21.0. The first kappa shape index (κ1) is 36.8. The summed E-state index contributed by atoms with van der Waals surface area (Å²) in [6.45, 7) is -0.264. The summed E-state index contributed by atoms with van der Waals surface area (Å²) in [6.07, 6.45) is 7.39. The molecule has 6 aromatic rings. The predicted octanol–water partition coefficient (Wildman–Crippen LogP) is 8.37. The molecule has 0 radical (unpaired) electrons. The molecule has 1 aliphatic carbocycles. The molecular weight excluding hydrogens is 767 g/mol. The van der Waals surface area contributed by atoms with E-state index in [9.17, 15) is 19.5 Å². The van der Waals surface area contributed by atoms with Crippen molar-refractivity contribution in [2.75, 3.05) is 4.90 Å². The van der Waals surface area contributed by atoms with Crippen LogP contribution in [-0.4, -0.2) is 36.8 Å². The number of fused-ring (bicyclic) bond motifs is 3. The van der Waals surface area contributed by atoms with E-state index < -0.39 is 18.1 Å². The van der Waals surface area contributed by atoms with Gasteiger partial charge < -0.3 is 10.0 Å². The zero-order valence-electron chi connectivity index (χ0n) is 30.8. The molecule has 1 aromatic heterocycles. The molecule has 2 fully saturated rings. The lowest BCUT2D eigenvalue weighted by molar-refractivity contribution is -0.137. The van der Waals surface area contributed by atoms with E-state index in [1.54, 1.807) is 0 Å². The number of amides is 1. The molecule has 1 N–H and O–H groups in total. The van der Waals surface area contributed by atoms with Crippen molar-refractivity contribution >= 4 is 85.5 Å². The fourth-order valence-electron chi connectivity index (χ4n) is 8.31. The Morgan fingerprint density at radius 3 is 2.12 bits per heavy atom. The summed E-state index contributed by atoms with van der Waals surface area (Å²) in [6, 6.07) is 46.0. The molecule has 2 atom stereocenters. The van der Waals surface area contributed by atoms with Gasteiger partial charge in [0.1, 0.15) is 20.4 Å². The van der Waals surface area contributed by atoms with Crippen LogP contribution in [0.25, 0.3) is 22.6 Å². The van der Waals surface area contributed by atoms with Gasteiger partial charge in [-0.05, 0) is 88.2 Å². The fraction of sp³-hybridized carbons (Fsp3) is 0.149. The summed E-state index contributed by atoms with van der Waals surface area (Å²) in [5.74, 6) is -1.13. The first-order valence-electron chi connectivity index (χ1n) is 18.9. The lowest BCUT2D eigenvalue weighted by atomic mass is 9.95. The van der Waals surface area contributed by atoms with Gasteiger partial charge in [0.05, 0.1) is 11.1 Å². The van der Waals surface area contributed by atoms with Crippen LogP contribution in [0.2, 0.25) is 0 Å². The SMILES string of the molecule is O=C(O)Cn1c(=O)/c(=C/c2ccc3c(c2)C2CCCC2N3c2ccc(C=C(c3ccccc3)c3ccccc3)cc2)s/c1=C1/SC(=S)N(Cc2ccccc2)C1=O. The number of carboxylic acids is 1. The zero-order chi connectivity index (χ0) is 39.0. The molecule has 10 heteroatoms. The van der Waals surface area contributed by atoms with E-state index in [1.807, 2.05) is 54.6 Å². The monoisotopic (exact) mass is 803 g/mol. The molecule has 0 bridgehead atoms. The Morgan fingerprint density at radius 2 is 1.46 bits per heavy atom. The van der Waals surface area contributed by atoms with E-state index in [1.165, 1.54) is 37.4 Å². The van der Waals surface area contributed by atoms with Crippen LogP contribution >= 0.6 is 35.3 Å². The number of carbonyl (C=O) groups is 2. The number of aromatic nitrogens is 1. The number of carbonyl (C=O) groups excluding carboxylic acids is 1. The van der Waals surface area contributed by atoms with Crippen LogP contribution in [0, 0.1) is 0 Å². The summed E-state index contributed by atoms with van der Waals surface area (Å²) in [4.78, 5) is 43.8. The molecule has 5 aromatic carbocycles. The second-order valence-corrected chi connectivity index (χ2v) is 17.1. The predicted molar refractivity (Wildman–Crippen MR) is 235 cm³/mol. The van der Waals surface area contributed by atoms with Crippen LogP contribution < -0.4 is 19.7 Å². The largest absolute Gasteiger partial charge is 0.480 e. The second-order valence-electron chi connectivity index (χ2n) is 14.4. The van der Waals surface area contributed by atoms with Crippen molar-refractivity contribution < 1.29 is 14.7 Å². The van der Waals surface area contributed by atoms with E-state index in [4.69, 9.17) is 12.2 Å². The van der Waals surface area contributed by atoms with Gasteiger partial charge in [-0.1, -0.05) is 140 Å². The van der Waals surface area contributed by atoms with Crippen molar-refractivity contribution in [2.24, 2.45) is 0 Å². The van der Waals surface area contributed by atoms with Crippen LogP contribution in [0.1, 0.15) is 58.6 Å². The number of aliphatic carboxylic acids is 1. The summed E-state index contributed by atoms with van der Waals surface area (Å²) < 4.78 is 2.24. The molecule has 3 heterocycles. The Morgan fingerprint density at radius 1 is 0.807 bits per heavy atom. The number of benzene rings is 5. The average Bonchev–Trinajstić information content (AvgIpc) is 3.98. The van der Waals surface area contributed by atoms with Crippen LogP contribution in [0.5, 0.6) is 0 Å². The Bertz CT molecular complexity index is 2700. The van der Waals surface area contributed by atoms with Crippen molar-refractivity contribution in [1.29, 1.82) is 0 Å². The third-order valence-electron chi connectivity index (χ3n) is 10.9. The quantitative estimate of drug-likeness (QED) is 0.116. The summed E-state index contributed by atoms with van der Waals surface area (Å²) in [5, 5.41) is 9.77. The lowest BCUT2D eigenvalue weighted by Crippen LogP contribution is -2.35. The van der Waals surface area contributed by atoms with Gasteiger partial charge in [0, 0.05) is 23.3 Å². The number of anilines is 2. The van der Waals surface area contributed by atoms with E-state index in [0.29, 0.717) is 32.0 Å². The van der Waals surface area contributed by atoms with E-state index in [0.717, 1.165) is 64.7 Å². The van der Waals surface area contributed by atoms with Crippen molar-refractivity contribution in [3.63, 3.8) is 0 Å². The van der Waals surface area contributed by atoms with Crippen molar-refractivity contribution in [3.05, 3.63) is 186 Å². The Hall–Kier alpha value is -5.81. The molecule has 1 saturated carbocycles.